The Kier molecular flexibility index (Phi) is 4.16. The minimum atomic E-state index is -1.49. The van der Waals surface area contributed by atoms with Crippen molar-refractivity contribution in [2.24, 2.45) is 5.73 Å². The first kappa shape index (κ1) is 12.2. The van der Waals surface area contributed by atoms with Gasteiger partial charge in [0.15, 0.2) is 8.32 Å². The number of unbranched alkanes of at least 4 members (excludes halogenated alkanes) is 1. The molecule has 0 radical (unpaired) electrons. The van der Waals surface area contributed by atoms with Gasteiger partial charge in [-0.1, -0.05) is 19.8 Å². The smallest absolute Gasteiger partial charge is 0.189 e. The van der Waals surface area contributed by atoms with E-state index in [0.717, 1.165) is 12.8 Å². The quantitative estimate of drug-likeness (QED) is 0.564. The molecule has 0 unspecified atom stereocenters. The third kappa shape index (κ3) is 3.71. The maximum Gasteiger partial charge on any atom is 0.189 e. The van der Waals surface area contributed by atoms with Crippen molar-refractivity contribution in [1.29, 1.82) is 0 Å². The summed E-state index contributed by atoms with van der Waals surface area (Å²) in [6, 6.07) is 1.25. The van der Waals surface area contributed by atoms with Crippen molar-refractivity contribution in [3.8, 4) is 0 Å². The zero-order valence-electron chi connectivity index (χ0n) is 9.94. The van der Waals surface area contributed by atoms with Crippen molar-refractivity contribution >= 4 is 8.32 Å². The van der Waals surface area contributed by atoms with Gasteiger partial charge in [0.25, 0.3) is 0 Å². The van der Waals surface area contributed by atoms with Crippen LogP contribution in [0.1, 0.15) is 45.4 Å². The Balaban J connectivity index is 2.40. The lowest BCUT2D eigenvalue weighted by atomic mass is 10.2. The van der Waals surface area contributed by atoms with Crippen LogP contribution >= 0.6 is 0 Å². The highest BCUT2D eigenvalue weighted by Crippen LogP contribution is 2.32. The molecular weight excluding hydrogens is 190 g/mol. The summed E-state index contributed by atoms with van der Waals surface area (Å²) < 4.78 is 6.20. The number of rotatable bonds is 5. The third-order valence-electron chi connectivity index (χ3n) is 3.06. The molecule has 0 atom stereocenters. The Hall–Kier alpha value is 0.137. The zero-order chi connectivity index (χ0) is 10.7. The third-order valence-corrected chi connectivity index (χ3v) is 5.58. The molecule has 1 aliphatic carbocycles. The summed E-state index contributed by atoms with van der Waals surface area (Å²) in [5, 5.41) is 0. The van der Waals surface area contributed by atoms with E-state index >= 15 is 0 Å². The molecule has 1 saturated carbocycles. The van der Waals surface area contributed by atoms with Crippen LogP contribution in [0, 0.1) is 0 Å². The van der Waals surface area contributed by atoms with E-state index in [4.69, 9.17) is 10.2 Å². The SMILES string of the molecule is CCCC[Si](C)(C)OC1(N)CCCC1. The molecule has 1 rings (SSSR count). The maximum atomic E-state index is 6.23. The van der Waals surface area contributed by atoms with Crippen LogP contribution < -0.4 is 5.73 Å². The van der Waals surface area contributed by atoms with Crippen molar-refractivity contribution in [3.05, 3.63) is 0 Å². The van der Waals surface area contributed by atoms with Crippen LogP contribution in [0.2, 0.25) is 19.1 Å². The molecule has 14 heavy (non-hydrogen) atoms. The summed E-state index contributed by atoms with van der Waals surface area (Å²) in [6.45, 7) is 6.84. The van der Waals surface area contributed by atoms with Gasteiger partial charge < -0.3 is 10.2 Å². The van der Waals surface area contributed by atoms with Crippen molar-refractivity contribution in [2.45, 2.75) is 70.3 Å². The Bertz CT molecular complexity index is 176. The Labute approximate surface area is 89.3 Å². The zero-order valence-corrected chi connectivity index (χ0v) is 10.9. The van der Waals surface area contributed by atoms with E-state index in [9.17, 15) is 0 Å². The number of nitrogens with two attached hydrogens (primary N) is 1. The summed E-state index contributed by atoms with van der Waals surface area (Å²) in [7, 11) is -1.49. The summed E-state index contributed by atoms with van der Waals surface area (Å²) >= 11 is 0. The predicted molar refractivity (Wildman–Crippen MR) is 63.7 cm³/mol. The fourth-order valence-corrected chi connectivity index (χ4v) is 4.89. The van der Waals surface area contributed by atoms with Gasteiger partial charge in [-0.3, -0.25) is 0 Å². The number of hydrogen-bond donors (Lipinski definition) is 1. The van der Waals surface area contributed by atoms with Gasteiger partial charge in [-0.15, -0.1) is 0 Å². The van der Waals surface area contributed by atoms with Crippen molar-refractivity contribution < 1.29 is 4.43 Å². The fourth-order valence-electron chi connectivity index (χ4n) is 2.28. The topological polar surface area (TPSA) is 35.2 Å². The monoisotopic (exact) mass is 215 g/mol. The molecule has 84 valence electrons. The minimum Gasteiger partial charge on any atom is -0.400 e. The van der Waals surface area contributed by atoms with Gasteiger partial charge in [0.05, 0.1) is 0 Å². The van der Waals surface area contributed by atoms with Crippen LogP contribution in [0.25, 0.3) is 0 Å². The summed E-state index contributed by atoms with van der Waals surface area (Å²) in [6.07, 6.45) is 7.17. The normalized spacial score (nSPS) is 21.4. The minimum absolute atomic E-state index is 0.260. The number of hydrogen-bond acceptors (Lipinski definition) is 2. The molecule has 2 N–H and O–H groups in total. The summed E-state index contributed by atoms with van der Waals surface area (Å²) in [5.41, 5.74) is 5.97. The van der Waals surface area contributed by atoms with Crippen LogP contribution in [0.15, 0.2) is 0 Å². The first-order valence-corrected chi connectivity index (χ1v) is 9.08. The first-order valence-electron chi connectivity index (χ1n) is 5.96. The van der Waals surface area contributed by atoms with E-state index in [1.54, 1.807) is 0 Å². The highest BCUT2D eigenvalue weighted by molar-refractivity contribution is 6.71. The van der Waals surface area contributed by atoms with E-state index in [2.05, 4.69) is 20.0 Å². The largest absolute Gasteiger partial charge is 0.400 e. The fraction of sp³-hybridized carbons (Fsp3) is 1.00. The molecule has 0 aliphatic heterocycles. The van der Waals surface area contributed by atoms with Gasteiger partial charge in [-0.25, -0.2) is 0 Å². The second-order valence-electron chi connectivity index (χ2n) is 5.24. The molecule has 1 aliphatic rings. The van der Waals surface area contributed by atoms with Crippen molar-refractivity contribution in [1.82, 2.24) is 0 Å². The van der Waals surface area contributed by atoms with Crippen LogP contribution in [0.4, 0.5) is 0 Å². The molecule has 0 spiro atoms. The van der Waals surface area contributed by atoms with E-state index in [-0.39, 0.29) is 5.72 Å². The average Bonchev–Trinajstić information content (AvgIpc) is 2.47. The molecular formula is C11H25NOSi. The van der Waals surface area contributed by atoms with Crippen molar-refractivity contribution in [3.63, 3.8) is 0 Å². The highest BCUT2D eigenvalue weighted by Gasteiger charge is 2.36. The van der Waals surface area contributed by atoms with Gasteiger partial charge in [0.1, 0.15) is 5.72 Å². The standard InChI is InChI=1S/C11H25NOSi/c1-4-5-10-14(2,3)13-11(12)8-6-7-9-11/h4-10,12H2,1-3H3. The van der Waals surface area contributed by atoms with E-state index in [0.29, 0.717) is 0 Å². The maximum absolute atomic E-state index is 6.23. The van der Waals surface area contributed by atoms with Gasteiger partial charge in [-0.05, 0) is 44.8 Å². The lowest BCUT2D eigenvalue weighted by Gasteiger charge is -2.34. The van der Waals surface area contributed by atoms with E-state index in [1.807, 2.05) is 0 Å². The lowest BCUT2D eigenvalue weighted by Crippen LogP contribution is -2.49. The molecule has 0 aromatic carbocycles. The second-order valence-corrected chi connectivity index (χ2v) is 9.46. The highest BCUT2D eigenvalue weighted by atomic mass is 28.4. The van der Waals surface area contributed by atoms with Gasteiger partial charge >= 0.3 is 0 Å². The molecule has 0 amide bonds. The first-order chi connectivity index (χ1) is 6.47. The van der Waals surface area contributed by atoms with Gasteiger partial charge in [0, 0.05) is 0 Å². The molecule has 3 heteroatoms. The molecule has 0 aromatic rings. The Morgan fingerprint density at radius 3 is 2.36 bits per heavy atom. The Morgan fingerprint density at radius 1 is 1.29 bits per heavy atom. The lowest BCUT2D eigenvalue weighted by molar-refractivity contribution is 0.0730. The van der Waals surface area contributed by atoms with Crippen LogP contribution in [0.3, 0.4) is 0 Å². The van der Waals surface area contributed by atoms with Crippen LogP contribution in [0.5, 0.6) is 0 Å². The van der Waals surface area contributed by atoms with Gasteiger partial charge in [-0.2, -0.15) is 0 Å². The second kappa shape index (κ2) is 4.77. The Morgan fingerprint density at radius 2 is 1.86 bits per heavy atom. The molecule has 0 heterocycles. The predicted octanol–water partition coefficient (Wildman–Crippen LogP) is 3.24. The molecule has 2 nitrogen and oxygen atoms in total. The van der Waals surface area contributed by atoms with Crippen LogP contribution in [-0.4, -0.2) is 14.0 Å². The molecule has 1 fully saturated rings. The van der Waals surface area contributed by atoms with E-state index < -0.39 is 8.32 Å². The van der Waals surface area contributed by atoms with Crippen molar-refractivity contribution in [2.75, 3.05) is 0 Å². The summed E-state index contributed by atoms with van der Waals surface area (Å²) in [4.78, 5) is 0. The molecule has 0 aromatic heterocycles. The van der Waals surface area contributed by atoms with Crippen LogP contribution in [-0.2, 0) is 4.43 Å². The summed E-state index contributed by atoms with van der Waals surface area (Å²) in [5.74, 6) is 0. The average molecular weight is 215 g/mol. The molecule has 0 saturated heterocycles. The van der Waals surface area contributed by atoms with Gasteiger partial charge in [0.2, 0.25) is 0 Å². The molecule has 0 bridgehead atoms. The van der Waals surface area contributed by atoms with E-state index in [1.165, 1.54) is 31.7 Å².